The first-order chi connectivity index (χ1) is 16.4. The standard InChI is InChI=1S/C28H39N3O4/c1-18-8-11-25(29-13-18)30-14-22(15-30)34-24-12-21(10-9-19(24)2)23-16-31(17-28(23,7)20(3)32)26(33)35-27(4,5)6/h8-13,20,22-23,32H,14-17H2,1-7H3/t20-,23+,28+/m1/s1. The van der Waals surface area contributed by atoms with Crippen molar-refractivity contribution in [2.24, 2.45) is 5.41 Å². The van der Waals surface area contributed by atoms with E-state index in [2.05, 4.69) is 34.1 Å². The second-order valence-corrected chi connectivity index (χ2v) is 11.5. The van der Waals surface area contributed by atoms with E-state index in [1.807, 2.05) is 53.8 Å². The molecular weight excluding hydrogens is 442 g/mol. The molecule has 0 saturated carbocycles. The number of aromatic nitrogens is 1. The summed E-state index contributed by atoms with van der Waals surface area (Å²) in [7, 11) is 0. The zero-order chi connectivity index (χ0) is 25.5. The van der Waals surface area contributed by atoms with Crippen LogP contribution in [-0.4, -0.2) is 65.1 Å². The molecule has 0 bridgehead atoms. The van der Waals surface area contributed by atoms with E-state index in [9.17, 15) is 9.90 Å². The maximum atomic E-state index is 12.8. The molecule has 1 amide bonds. The Morgan fingerprint density at radius 3 is 2.49 bits per heavy atom. The smallest absolute Gasteiger partial charge is 0.410 e. The number of hydrogen-bond donors (Lipinski definition) is 1. The van der Waals surface area contributed by atoms with Crippen molar-refractivity contribution < 1.29 is 19.4 Å². The van der Waals surface area contributed by atoms with Crippen molar-refractivity contribution in [2.45, 2.75) is 72.2 Å². The fourth-order valence-corrected chi connectivity index (χ4v) is 4.88. The van der Waals surface area contributed by atoms with E-state index in [4.69, 9.17) is 9.47 Å². The van der Waals surface area contributed by atoms with Crippen LogP contribution >= 0.6 is 0 Å². The maximum Gasteiger partial charge on any atom is 0.410 e. The van der Waals surface area contributed by atoms with E-state index in [1.165, 1.54) is 0 Å². The highest BCUT2D eigenvalue weighted by Crippen LogP contribution is 2.46. The van der Waals surface area contributed by atoms with Gasteiger partial charge in [-0.15, -0.1) is 0 Å². The average Bonchev–Trinajstić information content (AvgIpc) is 3.11. The number of aliphatic hydroxyl groups excluding tert-OH is 1. The van der Waals surface area contributed by atoms with Gasteiger partial charge >= 0.3 is 6.09 Å². The van der Waals surface area contributed by atoms with Crippen LogP contribution in [0.3, 0.4) is 0 Å². The summed E-state index contributed by atoms with van der Waals surface area (Å²) in [6.07, 6.45) is 1.05. The molecule has 1 aromatic carbocycles. The van der Waals surface area contributed by atoms with Crippen LogP contribution in [0.15, 0.2) is 36.5 Å². The normalized spacial score (nSPS) is 23.7. The molecule has 1 N–H and O–H groups in total. The number of amides is 1. The summed E-state index contributed by atoms with van der Waals surface area (Å²) in [6.45, 7) is 16.1. The third-order valence-corrected chi connectivity index (χ3v) is 7.31. The summed E-state index contributed by atoms with van der Waals surface area (Å²) in [5, 5.41) is 10.7. The summed E-state index contributed by atoms with van der Waals surface area (Å²) in [5.74, 6) is 1.79. The van der Waals surface area contributed by atoms with Gasteiger partial charge in [0.2, 0.25) is 0 Å². The Bertz CT molecular complexity index is 1060. The first kappa shape index (κ1) is 25.3. The van der Waals surface area contributed by atoms with Crippen LogP contribution in [-0.2, 0) is 4.74 Å². The largest absolute Gasteiger partial charge is 0.486 e. The molecule has 1 aromatic heterocycles. The Balaban J connectivity index is 1.48. The van der Waals surface area contributed by atoms with Gasteiger partial charge in [0.15, 0.2) is 0 Å². The van der Waals surface area contributed by atoms with Gasteiger partial charge in [-0.1, -0.05) is 25.1 Å². The number of hydrogen-bond acceptors (Lipinski definition) is 6. The molecule has 2 saturated heterocycles. The lowest BCUT2D eigenvalue weighted by Crippen LogP contribution is -2.54. The molecule has 4 rings (SSSR count). The molecule has 2 aliphatic heterocycles. The van der Waals surface area contributed by atoms with Crippen molar-refractivity contribution in [1.29, 1.82) is 0 Å². The van der Waals surface area contributed by atoms with E-state index in [-0.39, 0.29) is 18.1 Å². The molecule has 2 aliphatic rings. The number of aryl methyl sites for hydroxylation is 2. The van der Waals surface area contributed by atoms with Gasteiger partial charge in [0.1, 0.15) is 23.3 Å². The van der Waals surface area contributed by atoms with Gasteiger partial charge in [-0.25, -0.2) is 9.78 Å². The van der Waals surface area contributed by atoms with E-state index >= 15 is 0 Å². The SMILES string of the molecule is Cc1ccc(N2CC(Oc3cc([C@@H]4CN(C(=O)OC(C)(C)C)C[C@@]4(C)[C@@H](C)O)ccc3C)C2)nc1. The second-order valence-electron chi connectivity index (χ2n) is 11.5. The minimum Gasteiger partial charge on any atom is -0.486 e. The van der Waals surface area contributed by atoms with Gasteiger partial charge < -0.3 is 24.4 Å². The molecule has 3 atom stereocenters. The average molecular weight is 482 g/mol. The zero-order valence-corrected chi connectivity index (χ0v) is 22.0. The number of rotatable bonds is 5. The van der Waals surface area contributed by atoms with E-state index in [0.29, 0.717) is 13.1 Å². The lowest BCUT2D eigenvalue weighted by Gasteiger charge is -2.40. The quantitative estimate of drug-likeness (QED) is 0.668. The number of ether oxygens (including phenoxy) is 2. The lowest BCUT2D eigenvalue weighted by atomic mass is 9.72. The first-order valence-electron chi connectivity index (χ1n) is 12.5. The van der Waals surface area contributed by atoms with Crippen LogP contribution in [0.4, 0.5) is 10.6 Å². The minimum absolute atomic E-state index is 0.0346. The van der Waals surface area contributed by atoms with Crippen LogP contribution in [0.1, 0.15) is 57.2 Å². The molecule has 2 fully saturated rings. The molecule has 0 unspecified atom stereocenters. The third kappa shape index (κ3) is 5.40. The number of nitrogens with zero attached hydrogens (tertiary/aromatic N) is 3. The number of benzene rings is 1. The maximum absolute atomic E-state index is 12.8. The van der Waals surface area contributed by atoms with Gasteiger partial charge in [0, 0.05) is 30.6 Å². The van der Waals surface area contributed by atoms with Crippen LogP contribution in [0.2, 0.25) is 0 Å². The Kier molecular flexibility index (Phi) is 6.75. The molecule has 0 radical (unpaired) electrons. The third-order valence-electron chi connectivity index (χ3n) is 7.31. The second kappa shape index (κ2) is 9.34. The lowest BCUT2D eigenvalue weighted by molar-refractivity contribution is 0.0193. The number of aliphatic hydroxyl groups is 1. The van der Waals surface area contributed by atoms with E-state index < -0.39 is 17.1 Å². The minimum atomic E-state index is -0.590. The molecule has 7 nitrogen and oxygen atoms in total. The summed E-state index contributed by atoms with van der Waals surface area (Å²) >= 11 is 0. The molecule has 35 heavy (non-hydrogen) atoms. The number of pyridine rings is 1. The number of likely N-dealkylation sites (tertiary alicyclic amines) is 1. The summed E-state index contributed by atoms with van der Waals surface area (Å²) in [5.41, 5.74) is 2.23. The predicted octanol–water partition coefficient (Wildman–Crippen LogP) is 4.69. The molecule has 0 aliphatic carbocycles. The molecule has 0 spiro atoms. The fraction of sp³-hybridized carbons (Fsp3) is 0.571. The topological polar surface area (TPSA) is 75.1 Å². The number of carbonyl (C=O) groups is 1. The highest BCUT2D eigenvalue weighted by molar-refractivity contribution is 5.69. The van der Waals surface area contributed by atoms with Crippen LogP contribution < -0.4 is 9.64 Å². The molecule has 3 heterocycles. The van der Waals surface area contributed by atoms with Crippen molar-refractivity contribution in [3.05, 3.63) is 53.2 Å². The van der Waals surface area contributed by atoms with Crippen LogP contribution in [0.25, 0.3) is 0 Å². The molecule has 7 heteroatoms. The highest BCUT2D eigenvalue weighted by atomic mass is 16.6. The molecule has 2 aromatic rings. The summed E-state index contributed by atoms with van der Waals surface area (Å²) in [6, 6.07) is 10.4. The van der Waals surface area contributed by atoms with Gasteiger partial charge in [-0.05, 0) is 70.4 Å². The highest BCUT2D eigenvalue weighted by Gasteiger charge is 2.49. The molecule has 190 valence electrons. The van der Waals surface area contributed by atoms with Gasteiger partial charge in [-0.3, -0.25) is 0 Å². The van der Waals surface area contributed by atoms with Crippen molar-refractivity contribution >= 4 is 11.9 Å². The summed E-state index contributed by atoms with van der Waals surface area (Å²) < 4.78 is 12.0. The van der Waals surface area contributed by atoms with E-state index in [0.717, 1.165) is 41.3 Å². The van der Waals surface area contributed by atoms with Crippen molar-refractivity contribution in [1.82, 2.24) is 9.88 Å². The molecular formula is C28H39N3O4. The van der Waals surface area contributed by atoms with Gasteiger partial charge in [0.05, 0.1) is 19.2 Å². The monoisotopic (exact) mass is 481 g/mol. The van der Waals surface area contributed by atoms with Crippen molar-refractivity contribution in [3.8, 4) is 5.75 Å². The Labute approximate surface area is 209 Å². The van der Waals surface area contributed by atoms with Gasteiger partial charge in [-0.2, -0.15) is 0 Å². The van der Waals surface area contributed by atoms with Crippen LogP contribution in [0.5, 0.6) is 5.75 Å². The Morgan fingerprint density at radius 2 is 1.89 bits per heavy atom. The Morgan fingerprint density at radius 1 is 1.17 bits per heavy atom. The van der Waals surface area contributed by atoms with Crippen LogP contribution in [0, 0.1) is 19.3 Å². The number of carbonyl (C=O) groups excluding carboxylic acids is 1. The zero-order valence-electron chi connectivity index (χ0n) is 22.0. The van der Waals surface area contributed by atoms with Crippen molar-refractivity contribution in [2.75, 3.05) is 31.1 Å². The predicted molar refractivity (Wildman–Crippen MR) is 137 cm³/mol. The first-order valence-corrected chi connectivity index (χ1v) is 12.5. The summed E-state index contributed by atoms with van der Waals surface area (Å²) in [4.78, 5) is 21.3. The number of anilines is 1. The van der Waals surface area contributed by atoms with Crippen molar-refractivity contribution in [3.63, 3.8) is 0 Å². The fourth-order valence-electron chi connectivity index (χ4n) is 4.88. The van der Waals surface area contributed by atoms with Gasteiger partial charge in [0.25, 0.3) is 0 Å². The van der Waals surface area contributed by atoms with E-state index in [1.54, 1.807) is 11.8 Å². The Hall–Kier alpha value is -2.80.